The van der Waals surface area contributed by atoms with Gasteiger partial charge in [-0.2, -0.15) is 0 Å². The normalized spacial score (nSPS) is 14.3. The average molecular weight is 396 g/mol. The monoisotopic (exact) mass is 396 g/mol. The number of ether oxygens (including phenoxy) is 2. The van der Waals surface area contributed by atoms with Crippen LogP contribution in [0.4, 0.5) is 11.4 Å². The van der Waals surface area contributed by atoms with Gasteiger partial charge >= 0.3 is 5.97 Å². The third kappa shape index (κ3) is 6.24. The number of rotatable bonds is 7. The molecule has 0 radical (unpaired) electrons. The minimum absolute atomic E-state index is 0.112. The molecule has 1 amide bonds. The molecule has 29 heavy (non-hydrogen) atoms. The zero-order chi connectivity index (χ0) is 20.6. The molecule has 0 atom stereocenters. The van der Waals surface area contributed by atoms with E-state index in [1.165, 1.54) is 18.5 Å². The van der Waals surface area contributed by atoms with Crippen molar-refractivity contribution in [2.24, 2.45) is 5.92 Å². The van der Waals surface area contributed by atoms with E-state index >= 15 is 0 Å². The van der Waals surface area contributed by atoms with Crippen LogP contribution in [0.15, 0.2) is 48.5 Å². The van der Waals surface area contributed by atoms with E-state index in [9.17, 15) is 9.59 Å². The van der Waals surface area contributed by atoms with Crippen molar-refractivity contribution in [3.05, 3.63) is 54.1 Å². The van der Waals surface area contributed by atoms with E-state index in [0.29, 0.717) is 5.69 Å². The predicted octanol–water partition coefficient (Wildman–Crippen LogP) is 3.66. The van der Waals surface area contributed by atoms with Crippen molar-refractivity contribution in [3.63, 3.8) is 0 Å². The van der Waals surface area contributed by atoms with Crippen molar-refractivity contribution in [1.29, 1.82) is 0 Å². The fraction of sp³-hybridized carbons (Fsp3) is 0.391. The molecule has 154 valence electrons. The number of nitrogens with one attached hydrogen (secondary N) is 1. The van der Waals surface area contributed by atoms with Gasteiger partial charge in [0, 0.05) is 24.5 Å². The number of nitrogens with zero attached hydrogens (tertiary/aromatic N) is 1. The van der Waals surface area contributed by atoms with E-state index in [0.717, 1.165) is 30.3 Å². The molecule has 0 bridgehead atoms. The molecular weight excluding hydrogens is 368 g/mol. The van der Waals surface area contributed by atoms with Gasteiger partial charge < -0.3 is 19.7 Å². The van der Waals surface area contributed by atoms with E-state index in [2.05, 4.69) is 17.1 Å². The third-order valence-electron chi connectivity index (χ3n) is 5.17. The first-order valence-corrected chi connectivity index (χ1v) is 9.97. The number of carbonyl (C=O) groups is 2. The van der Waals surface area contributed by atoms with Gasteiger partial charge in [0.15, 0.2) is 6.61 Å². The Morgan fingerprint density at radius 1 is 1.03 bits per heavy atom. The first kappa shape index (κ1) is 20.7. The third-order valence-corrected chi connectivity index (χ3v) is 5.17. The molecule has 1 heterocycles. The number of benzene rings is 2. The van der Waals surface area contributed by atoms with Gasteiger partial charge in [-0.25, -0.2) is 0 Å². The van der Waals surface area contributed by atoms with Gasteiger partial charge in [-0.15, -0.1) is 0 Å². The largest absolute Gasteiger partial charge is 0.497 e. The number of piperidine rings is 1. The zero-order valence-electron chi connectivity index (χ0n) is 17.0. The van der Waals surface area contributed by atoms with Gasteiger partial charge in [0.05, 0.1) is 13.5 Å². The average Bonchev–Trinajstić information content (AvgIpc) is 2.74. The summed E-state index contributed by atoms with van der Waals surface area (Å²) < 4.78 is 10.2. The minimum Gasteiger partial charge on any atom is -0.497 e. The molecule has 0 saturated carbocycles. The van der Waals surface area contributed by atoms with Crippen LogP contribution in [-0.4, -0.2) is 38.7 Å². The summed E-state index contributed by atoms with van der Waals surface area (Å²) in [5.74, 6) is 0.715. The van der Waals surface area contributed by atoms with E-state index in [4.69, 9.17) is 9.47 Å². The molecule has 1 aliphatic heterocycles. The lowest BCUT2D eigenvalue weighted by Gasteiger charge is -2.32. The Balaban J connectivity index is 1.42. The Labute approximate surface area is 171 Å². The molecule has 3 rings (SSSR count). The first-order chi connectivity index (χ1) is 14.0. The van der Waals surface area contributed by atoms with Crippen LogP contribution in [0.3, 0.4) is 0 Å². The van der Waals surface area contributed by atoms with Gasteiger partial charge in [0.2, 0.25) is 0 Å². The molecular formula is C23H28N2O4. The van der Waals surface area contributed by atoms with Crippen LogP contribution >= 0.6 is 0 Å². The summed E-state index contributed by atoms with van der Waals surface area (Å²) in [5.41, 5.74) is 2.66. The lowest BCUT2D eigenvalue weighted by Crippen LogP contribution is -2.32. The van der Waals surface area contributed by atoms with Crippen LogP contribution in [-0.2, 0) is 20.7 Å². The van der Waals surface area contributed by atoms with Crippen LogP contribution in [0.2, 0.25) is 0 Å². The van der Waals surface area contributed by atoms with Crippen molar-refractivity contribution in [1.82, 2.24) is 0 Å². The van der Waals surface area contributed by atoms with Crippen LogP contribution in [0.1, 0.15) is 25.3 Å². The highest BCUT2D eigenvalue weighted by Crippen LogP contribution is 2.24. The van der Waals surface area contributed by atoms with E-state index in [1.807, 2.05) is 24.3 Å². The molecule has 1 aliphatic rings. The number of hydrogen-bond acceptors (Lipinski definition) is 5. The van der Waals surface area contributed by atoms with Gasteiger partial charge in [-0.1, -0.05) is 19.1 Å². The van der Waals surface area contributed by atoms with E-state index in [-0.39, 0.29) is 18.9 Å². The number of amides is 1. The molecule has 1 saturated heterocycles. The van der Waals surface area contributed by atoms with Crippen LogP contribution in [0.25, 0.3) is 0 Å². The second-order valence-electron chi connectivity index (χ2n) is 7.45. The molecule has 6 nitrogen and oxygen atoms in total. The Kier molecular flexibility index (Phi) is 7.11. The van der Waals surface area contributed by atoms with Crippen molar-refractivity contribution in [2.75, 3.05) is 37.0 Å². The quantitative estimate of drug-likeness (QED) is 0.724. The molecule has 0 aromatic heterocycles. The second-order valence-corrected chi connectivity index (χ2v) is 7.45. The van der Waals surface area contributed by atoms with E-state index < -0.39 is 5.97 Å². The standard InChI is InChI=1S/C23H28N2O4/c1-17-11-13-25(14-12-17)20-7-5-19(6-8-20)24-22(26)16-29-23(27)15-18-3-9-21(28-2)10-4-18/h3-10,17H,11-16H2,1-2H3,(H,24,26). The van der Waals surface area contributed by atoms with Gasteiger partial charge in [-0.3, -0.25) is 9.59 Å². The van der Waals surface area contributed by atoms with Crippen LogP contribution in [0, 0.1) is 5.92 Å². The molecule has 0 unspecified atom stereocenters. The number of methoxy groups -OCH3 is 1. The number of anilines is 2. The summed E-state index contributed by atoms with van der Waals surface area (Å²) in [6.45, 7) is 4.12. The van der Waals surface area contributed by atoms with Crippen molar-refractivity contribution < 1.29 is 19.1 Å². The predicted molar refractivity (Wildman–Crippen MR) is 113 cm³/mol. The number of hydrogen-bond donors (Lipinski definition) is 1. The van der Waals surface area contributed by atoms with Gasteiger partial charge in [0.25, 0.3) is 5.91 Å². The van der Waals surface area contributed by atoms with Gasteiger partial charge in [-0.05, 0) is 60.7 Å². The van der Waals surface area contributed by atoms with Crippen molar-refractivity contribution in [3.8, 4) is 5.75 Å². The topological polar surface area (TPSA) is 67.9 Å². The lowest BCUT2D eigenvalue weighted by atomic mass is 9.99. The molecule has 1 N–H and O–H groups in total. The number of carbonyl (C=O) groups excluding carboxylic acids is 2. The Morgan fingerprint density at radius 3 is 2.31 bits per heavy atom. The maximum atomic E-state index is 12.1. The number of esters is 1. The first-order valence-electron chi connectivity index (χ1n) is 9.97. The maximum Gasteiger partial charge on any atom is 0.310 e. The highest BCUT2D eigenvalue weighted by molar-refractivity contribution is 5.93. The summed E-state index contributed by atoms with van der Waals surface area (Å²) in [5, 5.41) is 2.76. The van der Waals surface area contributed by atoms with Crippen LogP contribution < -0.4 is 15.0 Å². The molecule has 1 fully saturated rings. The highest BCUT2D eigenvalue weighted by atomic mass is 16.5. The highest BCUT2D eigenvalue weighted by Gasteiger charge is 2.16. The van der Waals surface area contributed by atoms with Crippen molar-refractivity contribution in [2.45, 2.75) is 26.2 Å². The molecule has 2 aromatic rings. The van der Waals surface area contributed by atoms with Crippen molar-refractivity contribution >= 4 is 23.3 Å². The molecule has 0 aliphatic carbocycles. The smallest absolute Gasteiger partial charge is 0.310 e. The van der Waals surface area contributed by atoms with Gasteiger partial charge in [0.1, 0.15) is 5.75 Å². The summed E-state index contributed by atoms with van der Waals surface area (Å²) >= 11 is 0. The zero-order valence-corrected chi connectivity index (χ0v) is 17.0. The fourth-order valence-corrected chi connectivity index (χ4v) is 3.33. The van der Waals surface area contributed by atoms with Crippen LogP contribution in [0.5, 0.6) is 5.75 Å². The summed E-state index contributed by atoms with van der Waals surface area (Å²) in [6.07, 6.45) is 2.53. The molecule has 0 spiro atoms. The fourth-order valence-electron chi connectivity index (χ4n) is 3.33. The lowest BCUT2D eigenvalue weighted by molar-refractivity contribution is -0.146. The van der Waals surface area contributed by atoms with E-state index in [1.54, 1.807) is 31.4 Å². The molecule has 2 aromatic carbocycles. The Morgan fingerprint density at radius 2 is 1.69 bits per heavy atom. The second kappa shape index (κ2) is 9.96. The SMILES string of the molecule is COc1ccc(CC(=O)OCC(=O)Nc2ccc(N3CCC(C)CC3)cc2)cc1. The summed E-state index contributed by atoms with van der Waals surface area (Å²) in [4.78, 5) is 26.4. The summed E-state index contributed by atoms with van der Waals surface area (Å²) in [6, 6.07) is 14.9. The summed E-state index contributed by atoms with van der Waals surface area (Å²) in [7, 11) is 1.59. The Hall–Kier alpha value is -3.02. The Bertz CT molecular complexity index is 810. The maximum absolute atomic E-state index is 12.1. The minimum atomic E-state index is -0.444. The molecule has 6 heteroatoms.